The van der Waals surface area contributed by atoms with Crippen LogP contribution in [-0.4, -0.2) is 49.6 Å². The molecule has 186 valence electrons. The Hall–Kier alpha value is -3.68. The molecule has 3 aromatic carbocycles. The first-order chi connectivity index (χ1) is 17.6. The summed E-state index contributed by atoms with van der Waals surface area (Å²) in [6, 6.07) is 17.8. The minimum atomic E-state index is 0.563. The third kappa shape index (κ3) is 4.85. The van der Waals surface area contributed by atoms with Gasteiger partial charge in [-0.1, -0.05) is 29.8 Å². The third-order valence-electron chi connectivity index (χ3n) is 6.36. The van der Waals surface area contributed by atoms with Crippen molar-refractivity contribution in [2.75, 3.05) is 34.5 Å². The fraction of sp³-hybridized carbons (Fsp3) is 0.250. The molecule has 0 radical (unpaired) electrons. The maximum atomic E-state index is 6.17. The van der Waals surface area contributed by atoms with Gasteiger partial charge < -0.3 is 18.9 Å². The highest BCUT2D eigenvalue weighted by Gasteiger charge is 2.22. The van der Waals surface area contributed by atoms with E-state index in [2.05, 4.69) is 21.2 Å². The molecule has 2 heterocycles. The Bertz CT molecular complexity index is 1350. The van der Waals surface area contributed by atoms with Crippen LogP contribution in [0.1, 0.15) is 11.1 Å². The second kappa shape index (κ2) is 10.5. The van der Waals surface area contributed by atoms with Crippen LogP contribution in [0.15, 0.2) is 60.8 Å². The third-order valence-corrected chi connectivity index (χ3v) is 6.61. The van der Waals surface area contributed by atoms with E-state index in [-0.39, 0.29) is 0 Å². The van der Waals surface area contributed by atoms with Crippen molar-refractivity contribution in [1.29, 1.82) is 0 Å². The molecule has 0 unspecified atom stereocenters. The second-order valence-electron chi connectivity index (χ2n) is 8.57. The Balaban J connectivity index is 1.45. The highest BCUT2D eigenvalue weighted by Crippen LogP contribution is 2.40. The van der Waals surface area contributed by atoms with Crippen LogP contribution in [0.5, 0.6) is 23.0 Å². The van der Waals surface area contributed by atoms with E-state index in [0.717, 1.165) is 52.4 Å². The van der Waals surface area contributed by atoms with Crippen molar-refractivity contribution in [2.24, 2.45) is 0 Å². The molecule has 1 aliphatic rings. The van der Waals surface area contributed by atoms with E-state index in [4.69, 9.17) is 30.5 Å². The van der Waals surface area contributed by atoms with Crippen molar-refractivity contribution < 1.29 is 18.9 Å². The molecule has 4 aromatic rings. The van der Waals surface area contributed by atoms with Crippen LogP contribution in [0.25, 0.3) is 22.4 Å². The Morgan fingerprint density at radius 3 is 2.36 bits per heavy atom. The summed E-state index contributed by atoms with van der Waals surface area (Å²) in [5.41, 5.74) is 6.24. The maximum absolute atomic E-state index is 6.17. The molecule has 8 heteroatoms. The minimum absolute atomic E-state index is 0.563. The average Bonchev–Trinajstić information content (AvgIpc) is 3.26. The lowest BCUT2D eigenvalue weighted by Gasteiger charge is -2.20. The van der Waals surface area contributed by atoms with Gasteiger partial charge in [0.1, 0.15) is 6.61 Å². The Morgan fingerprint density at radius 2 is 1.61 bits per heavy atom. The van der Waals surface area contributed by atoms with Gasteiger partial charge in [-0.3, -0.25) is 10.00 Å². The van der Waals surface area contributed by atoms with E-state index in [1.54, 1.807) is 21.3 Å². The second-order valence-corrected chi connectivity index (χ2v) is 9.01. The number of nitrogens with one attached hydrogen (secondary N) is 1. The van der Waals surface area contributed by atoms with Crippen LogP contribution < -0.4 is 18.9 Å². The number of methoxy groups -OCH3 is 3. The van der Waals surface area contributed by atoms with Crippen molar-refractivity contribution in [3.05, 3.63) is 76.9 Å². The number of hydrogen-bond acceptors (Lipinski definition) is 6. The first-order valence-corrected chi connectivity index (χ1v) is 12.0. The van der Waals surface area contributed by atoms with Crippen molar-refractivity contribution >= 4 is 11.6 Å². The molecule has 0 saturated carbocycles. The van der Waals surface area contributed by atoms with Gasteiger partial charge in [-0.25, -0.2) is 0 Å². The highest BCUT2D eigenvalue weighted by atomic mass is 35.5. The maximum Gasteiger partial charge on any atom is 0.165 e. The van der Waals surface area contributed by atoms with Crippen molar-refractivity contribution in [3.63, 3.8) is 0 Å². The smallest absolute Gasteiger partial charge is 0.165 e. The van der Waals surface area contributed by atoms with Crippen LogP contribution >= 0.6 is 11.6 Å². The van der Waals surface area contributed by atoms with Crippen molar-refractivity contribution in [2.45, 2.75) is 13.1 Å². The molecular formula is C28H28ClN3O4. The summed E-state index contributed by atoms with van der Waals surface area (Å²) < 4.78 is 22.8. The van der Waals surface area contributed by atoms with Gasteiger partial charge in [-0.15, -0.1) is 0 Å². The van der Waals surface area contributed by atoms with Crippen molar-refractivity contribution in [3.8, 4) is 45.4 Å². The molecule has 0 amide bonds. The van der Waals surface area contributed by atoms with Gasteiger partial charge in [-0.2, -0.15) is 5.10 Å². The van der Waals surface area contributed by atoms with Crippen LogP contribution in [0.4, 0.5) is 0 Å². The quantitative estimate of drug-likeness (QED) is 0.341. The molecule has 1 aromatic heterocycles. The molecule has 1 aliphatic heterocycles. The number of nitrogens with zero attached hydrogens (tertiary/aromatic N) is 2. The molecule has 7 nitrogen and oxygen atoms in total. The van der Waals surface area contributed by atoms with E-state index in [1.165, 1.54) is 0 Å². The molecule has 5 rings (SSSR count). The number of fused-ring (bicyclic) bond motifs is 1. The number of aromatic nitrogens is 2. The van der Waals surface area contributed by atoms with Gasteiger partial charge in [0, 0.05) is 35.8 Å². The van der Waals surface area contributed by atoms with E-state index in [9.17, 15) is 0 Å². The summed E-state index contributed by atoms with van der Waals surface area (Å²) in [7, 11) is 4.94. The fourth-order valence-electron chi connectivity index (χ4n) is 4.55. The summed E-state index contributed by atoms with van der Waals surface area (Å²) in [5.74, 6) is 2.87. The number of rotatable bonds is 7. The number of hydrogen-bond donors (Lipinski definition) is 1. The summed E-state index contributed by atoms with van der Waals surface area (Å²) in [5, 5.41) is 8.16. The zero-order chi connectivity index (χ0) is 25.1. The predicted molar refractivity (Wildman–Crippen MR) is 140 cm³/mol. The Labute approximate surface area is 215 Å². The molecule has 0 fully saturated rings. The first-order valence-electron chi connectivity index (χ1n) is 11.7. The molecular weight excluding hydrogens is 478 g/mol. The molecule has 0 spiro atoms. The van der Waals surface area contributed by atoms with Crippen LogP contribution in [0.2, 0.25) is 5.02 Å². The van der Waals surface area contributed by atoms with E-state index in [0.29, 0.717) is 35.4 Å². The van der Waals surface area contributed by atoms with Gasteiger partial charge in [0.15, 0.2) is 23.0 Å². The number of ether oxygens (including phenoxy) is 4. The van der Waals surface area contributed by atoms with Crippen LogP contribution in [-0.2, 0) is 13.1 Å². The summed E-state index contributed by atoms with van der Waals surface area (Å²) in [6.45, 7) is 2.76. The zero-order valence-corrected chi connectivity index (χ0v) is 21.3. The van der Waals surface area contributed by atoms with Gasteiger partial charge in [0.25, 0.3) is 0 Å². The highest BCUT2D eigenvalue weighted by molar-refractivity contribution is 6.30. The van der Waals surface area contributed by atoms with Gasteiger partial charge in [0.2, 0.25) is 0 Å². The number of benzene rings is 3. The lowest BCUT2D eigenvalue weighted by molar-refractivity contribution is 0.217. The van der Waals surface area contributed by atoms with Gasteiger partial charge in [0.05, 0.1) is 33.2 Å². The average molecular weight is 506 g/mol. The lowest BCUT2D eigenvalue weighted by atomic mass is 10.0. The Morgan fingerprint density at radius 1 is 0.889 bits per heavy atom. The van der Waals surface area contributed by atoms with E-state index in [1.807, 2.05) is 54.7 Å². The largest absolute Gasteiger partial charge is 0.493 e. The predicted octanol–water partition coefficient (Wildman–Crippen LogP) is 5.82. The van der Waals surface area contributed by atoms with Gasteiger partial charge in [-0.05, 0) is 53.1 Å². The van der Waals surface area contributed by atoms with E-state index < -0.39 is 0 Å². The summed E-state index contributed by atoms with van der Waals surface area (Å²) in [6.07, 6.45) is 1.89. The molecule has 0 bridgehead atoms. The molecule has 0 atom stereocenters. The number of halogens is 1. The SMILES string of the molecule is COc1ccc(-c2cc3c(c(OC)c2)OCCN(Cc2cn[nH]c2-c2ccc(Cl)cc2)C3)cc1OC. The van der Waals surface area contributed by atoms with Crippen LogP contribution in [0, 0.1) is 0 Å². The fourth-order valence-corrected chi connectivity index (χ4v) is 4.67. The molecule has 0 saturated heterocycles. The molecule has 0 aliphatic carbocycles. The van der Waals surface area contributed by atoms with Gasteiger partial charge >= 0.3 is 0 Å². The first kappa shape index (κ1) is 24.0. The topological polar surface area (TPSA) is 68.8 Å². The number of aromatic amines is 1. The van der Waals surface area contributed by atoms with Crippen LogP contribution in [0.3, 0.4) is 0 Å². The summed E-state index contributed by atoms with van der Waals surface area (Å²) in [4.78, 5) is 2.36. The minimum Gasteiger partial charge on any atom is -0.493 e. The lowest BCUT2D eigenvalue weighted by Crippen LogP contribution is -2.25. The summed E-state index contributed by atoms with van der Waals surface area (Å²) >= 11 is 6.08. The Kier molecular flexibility index (Phi) is 7.02. The number of H-pyrrole nitrogens is 1. The normalized spacial score (nSPS) is 13.4. The zero-order valence-electron chi connectivity index (χ0n) is 20.5. The monoisotopic (exact) mass is 505 g/mol. The standard InChI is InChI=1S/C28H28ClN3O4/c1-33-24-9-6-19(13-25(24)34-2)20-12-21-16-32(10-11-36-28(21)26(14-20)35-3)17-22-15-30-31-27(22)18-4-7-23(29)8-5-18/h4-9,12-15H,10-11,16-17H2,1-3H3,(H,30,31). The van der Waals surface area contributed by atoms with Crippen molar-refractivity contribution in [1.82, 2.24) is 15.1 Å². The van der Waals surface area contributed by atoms with E-state index >= 15 is 0 Å². The molecule has 1 N–H and O–H groups in total. The molecule has 36 heavy (non-hydrogen) atoms.